The van der Waals surface area contributed by atoms with E-state index in [1.807, 2.05) is 6.92 Å². The highest BCUT2D eigenvalue weighted by atomic mass is 19.1. The fraction of sp³-hybridized carbons (Fsp3) is 0.250. The molecule has 1 aliphatic rings. The van der Waals surface area contributed by atoms with Gasteiger partial charge in [0.05, 0.1) is 17.8 Å². The van der Waals surface area contributed by atoms with E-state index in [-0.39, 0.29) is 23.5 Å². The summed E-state index contributed by atoms with van der Waals surface area (Å²) in [6, 6.07) is 7.67. The second kappa shape index (κ2) is 6.50. The monoisotopic (exact) mass is 367 g/mol. The zero-order valence-electron chi connectivity index (χ0n) is 14.7. The van der Waals surface area contributed by atoms with Crippen molar-refractivity contribution in [3.63, 3.8) is 0 Å². The van der Waals surface area contributed by atoms with Crippen LogP contribution in [0.2, 0.25) is 0 Å². The second-order valence-corrected chi connectivity index (χ2v) is 6.75. The number of rotatable bonds is 3. The maximum absolute atomic E-state index is 14.0. The van der Waals surface area contributed by atoms with Crippen molar-refractivity contribution in [2.75, 3.05) is 0 Å². The van der Waals surface area contributed by atoms with Gasteiger partial charge in [0.25, 0.3) is 11.5 Å². The number of benzene rings is 1. The molecule has 0 aliphatic carbocycles. The van der Waals surface area contributed by atoms with E-state index >= 15 is 0 Å². The van der Waals surface area contributed by atoms with Crippen molar-refractivity contribution < 1.29 is 14.3 Å². The molecule has 0 bridgehead atoms. The highest BCUT2D eigenvalue weighted by Crippen LogP contribution is 2.35. The lowest BCUT2D eigenvalue weighted by molar-refractivity contribution is 0.0945. The van der Waals surface area contributed by atoms with Crippen LogP contribution in [0.15, 0.2) is 41.3 Å². The fourth-order valence-electron chi connectivity index (χ4n) is 3.65. The first kappa shape index (κ1) is 17.2. The summed E-state index contributed by atoms with van der Waals surface area (Å²) < 4.78 is 15.5. The van der Waals surface area contributed by atoms with Crippen LogP contribution in [0.25, 0.3) is 10.9 Å². The number of nitrogens with one attached hydrogen (secondary N) is 1. The molecule has 0 saturated carbocycles. The van der Waals surface area contributed by atoms with Gasteiger partial charge in [0.2, 0.25) is 0 Å². The molecule has 7 heteroatoms. The van der Waals surface area contributed by atoms with Crippen LogP contribution in [0.3, 0.4) is 0 Å². The molecular formula is C20H18FN3O3. The standard InChI is InChI=1S/C20H18FN3O3/c1-11-5-6-12-8-13(21)9-15-17(12)24(11)20(27)16(18(15)25)19(26)23-10-14-4-2-3-7-22-14/h2-4,7-9,11,25H,5-6,10H2,1H3,(H,23,26)/t11-/m0/s1. The van der Waals surface area contributed by atoms with Crippen LogP contribution in [0.1, 0.15) is 41.0 Å². The summed E-state index contributed by atoms with van der Waals surface area (Å²) in [5.41, 5.74) is 0.839. The molecule has 0 fully saturated rings. The van der Waals surface area contributed by atoms with E-state index in [4.69, 9.17) is 0 Å². The fourth-order valence-corrected chi connectivity index (χ4v) is 3.65. The second-order valence-electron chi connectivity index (χ2n) is 6.75. The lowest BCUT2D eigenvalue weighted by Gasteiger charge is -2.26. The zero-order valence-corrected chi connectivity index (χ0v) is 14.7. The Bertz CT molecular complexity index is 1110. The number of carbonyl (C=O) groups excluding carboxylic acids is 1. The maximum atomic E-state index is 14.0. The van der Waals surface area contributed by atoms with Gasteiger partial charge in [0, 0.05) is 17.6 Å². The quantitative estimate of drug-likeness (QED) is 0.745. The van der Waals surface area contributed by atoms with Crippen LogP contribution in [0.5, 0.6) is 5.75 Å². The van der Waals surface area contributed by atoms with Gasteiger partial charge in [-0.15, -0.1) is 0 Å². The molecule has 1 aromatic carbocycles. The third kappa shape index (κ3) is 2.85. The van der Waals surface area contributed by atoms with Crippen molar-refractivity contribution in [2.45, 2.75) is 32.4 Å². The van der Waals surface area contributed by atoms with Crippen LogP contribution in [-0.4, -0.2) is 20.6 Å². The van der Waals surface area contributed by atoms with Crippen LogP contribution >= 0.6 is 0 Å². The van der Waals surface area contributed by atoms with Gasteiger partial charge < -0.3 is 15.0 Å². The molecule has 138 valence electrons. The molecule has 0 radical (unpaired) electrons. The Morgan fingerprint density at radius 1 is 1.41 bits per heavy atom. The Labute approximate surface area is 154 Å². The van der Waals surface area contributed by atoms with Gasteiger partial charge in [-0.05, 0) is 49.6 Å². The first-order valence-electron chi connectivity index (χ1n) is 8.75. The van der Waals surface area contributed by atoms with E-state index in [1.54, 1.807) is 24.4 Å². The number of aromatic hydroxyl groups is 1. The van der Waals surface area contributed by atoms with E-state index in [2.05, 4.69) is 10.3 Å². The van der Waals surface area contributed by atoms with Crippen molar-refractivity contribution >= 4 is 16.8 Å². The molecule has 1 amide bonds. The Balaban J connectivity index is 1.84. The minimum absolute atomic E-state index is 0.112. The van der Waals surface area contributed by atoms with E-state index in [0.717, 1.165) is 6.07 Å². The summed E-state index contributed by atoms with van der Waals surface area (Å²) >= 11 is 0. The Hall–Kier alpha value is -3.22. The number of aryl methyl sites for hydroxylation is 1. The summed E-state index contributed by atoms with van der Waals surface area (Å²) in [4.78, 5) is 29.8. The Morgan fingerprint density at radius 3 is 2.96 bits per heavy atom. The Morgan fingerprint density at radius 2 is 2.22 bits per heavy atom. The molecule has 2 aromatic heterocycles. The largest absolute Gasteiger partial charge is 0.506 e. The van der Waals surface area contributed by atoms with Crippen molar-refractivity contribution in [3.8, 4) is 5.75 Å². The average Bonchev–Trinajstić information content (AvgIpc) is 2.66. The van der Waals surface area contributed by atoms with Crippen LogP contribution in [-0.2, 0) is 13.0 Å². The van der Waals surface area contributed by atoms with Gasteiger partial charge in [-0.2, -0.15) is 0 Å². The number of carbonyl (C=O) groups is 1. The van der Waals surface area contributed by atoms with Gasteiger partial charge in [0.15, 0.2) is 0 Å². The zero-order chi connectivity index (χ0) is 19.1. The molecule has 0 spiro atoms. The molecule has 1 aliphatic heterocycles. The van der Waals surface area contributed by atoms with Crippen LogP contribution < -0.4 is 10.9 Å². The van der Waals surface area contributed by atoms with Crippen LogP contribution in [0, 0.1) is 5.82 Å². The lowest BCUT2D eigenvalue weighted by Crippen LogP contribution is -2.36. The molecule has 27 heavy (non-hydrogen) atoms. The van der Waals surface area contributed by atoms with Crippen molar-refractivity contribution in [2.24, 2.45) is 0 Å². The van der Waals surface area contributed by atoms with Crippen LogP contribution in [0.4, 0.5) is 4.39 Å². The molecule has 3 aromatic rings. The van der Waals surface area contributed by atoms with E-state index < -0.39 is 23.0 Å². The lowest BCUT2D eigenvalue weighted by atomic mass is 9.95. The van der Waals surface area contributed by atoms with Crippen molar-refractivity contribution in [1.82, 2.24) is 14.9 Å². The topological polar surface area (TPSA) is 84.2 Å². The molecule has 3 heterocycles. The summed E-state index contributed by atoms with van der Waals surface area (Å²) in [5, 5.41) is 13.4. The first-order chi connectivity index (χ1) is 13.0. The number of amides is 1. The highest BCUT2D eigenvalue weighted by Gasteiger charge is 2.28. The summed E-state index contributed by atoms with van der Waals surface area (Å²) in [5.74, 6) is -1.70. The van der Waals surface area contributed by atoms with E-state index in [0.29, 0.717) is 29.6 Å². The van der Waals surface area contributed by atoms with E-state index in [1.165, 1.54) is 10.6 Å². The Kier molecular flexibility index (Phi) is 4.14. The first-order valence-corrected chi connectivity index (χ1v) is 8.75. The summed E-state index contributed by atoms with van der Waals surface area (Å²) in [7, 11) is 0. The predicted octanol–water partition coefficient (Wildman–Crippen LogP) is 2.68. The average molecular weight is 367 g/mol. The minimum Gasteiger partial charge on any atom is -0.506 e. The molecule has 2 N–H and O–H groups in total. The van der Waals surface area contributed by atoms with Gasteiger partial charge in [-0.25, -0.2) is 4.39 Å². The molecule has 1 atom stereocenters. The van der Waals surface area contributed by atoms with Gasteiger partial charge in [0.1, 0.15) is 17.1 Å². The summed E-state index contributed by atoms with van der Waals surface area (Å²) in [6.07, 6.45) is 2.87. The van der Waals surface area contributed by atoms with Crippen molar-refractivity contribution in [3.05, 3.63) is 69.5 Å². The number of hydrogen-bond donors (Lipinski definition) is 2. The number of halogens is 1. The number of hydrogen-bond acceptors (Lipinski definition) is 4. The van der Waals surface area contributed by atoms with Gasteiger partial charge in [-0.1, -0.05) is 6.07 Å². The molecule has 0 saturated heterocycles. The predicted molar refractivity (Wildman–Crippen MR) is 98.3 cm³/mol. The van der Waals surface area contributed by atoms with Crippen molar-refractivity contribution in [1.29, 1.82) is 0 Å². The molecule has 0 unspecified atom stereocenters. The highest BCUT2D eigenvalue weighted by molar-refractivity contribution is 6.03. The van der Waals surface area contributed by atoms with Gasteiger partial charge >= 0.3 is 0 Å². The van der Waals surface area contributed by atoms with E-state index in [9.17, 15) is 19.1 Å². The number of nitrogens with zero attached hydrogens (tertiary/aromatic N) is 2. The third-order valence-electron chi connectivity index (χ3n) is 4.97. The molecule has 6 nitrogen and oxygen atoms in total. The smallest absolute Gasteiger partial charge is 0.267 e. The van der Waals surface area contributed by atoms with Gasteiger partial charge in [-0.3, -0.25) is 14.6 Å². The molecular weight excluding hydrogens is 349 g/mol. The maximum Gasteiger partial charge on any atom is 0.267 e. The minimum atomic E-state index is -0.711. The number of aromatic nitrogens is 2. The summed E-state index contributed by atoms with van der Waals surface area (Å²) in [6.45, 7) is 1.99. The normalized spacial score (nSPS) is 15.7. The third-order valence-corrected chi connectivity index (χ3v) is 4.97. The molecule has 4 rings (SSSR count). The SMILES string of the molecule is C[C@H]1CCc2cc(F)cc3c(O)c(C(=O)NCc4ccccn4)c(=O)n1c23. The number of pyridine rings is 2.